The van der Waals surface area contributed by atoms with Crippen molar-refractivity contribution in [3.63, 3.8) is 0 Å². The lowest BCUT2D eigenvalue weighted by Crippen LogP contribution is -2.36. The third-order valence-electron chi connectivity index (χ3n) is 2.18. The zero-order valence-electron chi connectivity index (χ0n) is 7.68. The lowest BCUT2D eigenvalue weighted by molar-refractivity contribution is -0.0608. The highest BCUT2D eigenvalue weighted by molar-refractivity contribution is 7.87. The van der Waals surface area contributed by atoms with Crippen LogP contribution in [0.25, 0.3) is 0 Å². The van der Waals surface area contributed by atoms with Gasteiger partial charge in [-0.1, -0.05) is 0 Å². The van der Waals surface area contributed by atoms with Crippen LogP contribution >= 0.6 is 0 Å². The highest BCUT2D eigenvalue weighted by Gasteiger charge is 2.52. The Hall–Kier alpha value is -0.800. The zero-order chi connectivity index (χ0) is 12.0. The van der Waals surface area contributed by atoms with Crippen molar-refractivity contribution in [2.24, 2.45) is 0 Å². The van der Waals surface area contributed by atoms with Gasteiger partial charge in [-0.3, -0.25) is 4.18 Å². The van der Waals surface area contributed by atoms with Crippen molar-refractivity contribution in [1.29, 1.82) is 0 Å². The fourth-order valence-corrected chi connectivity index (χ4v) is 2.05. The Bertz CT molecular complexity index is 401. The molecule has 2 rings (SSSR count). The second-order valence-electron chi connectivity index (χ2n) is 3.26. The van der Waals surface area contributed by atoms with Gasteiger partial charge in [-0.15, -0.1) is 0 Å². The van der Waals surface area contributed by atoms with Gasteiger partial charge in [0, 0.05) is 0 Å². The van der Waals surface area contributed by atoms with Crippen LogP contribution in [0, 0.1) is 0 Å². The zero-order valence-corrected chi connectivity index (χ0v) is 8.49. The van der Waals surface area contributed by atoms with Crippen molar-refractivity contribution in [3.8, 4) is 0 Å². The van der Waals surface area contributed by atoms with E-state index in [4.69, 9.17) is 9.47 Å². The Kier molecular flexibility index (Phi) is 2.63. The maximum Gasteiger partial charge on any atom is 0.523 e. The molecule has 16 heavy (non-hydrogen) atoms. The van der Waals surface area contributed by atoms with Crippen LogP contribution < -0.4 is 0 Å². The number of hydrogen-bond donors (Lipinski definition) is 0. The smallest absolute Gasteiger partial charge is 0.492 e. The molecule has 2 heterocycles. The van der Waals surface area contributed by atoms with E-state index in [2.05, 4.69) is 4.18 Å². The summed E-state index contributed by atoms with van der Waals surface area (Å²) < 4.78 is 71.4. The van der Waals surface area contributed by atoms with Crippen molar-refractivity contribution in [1.82, 2.24) is 0 Å². The van der Waals surface area contributed by atoms with Crippen LogP contribution in [0.4, 0.5) is 13.2 Å². The van der Waals surface area contributed by atoms with Crippen molar-refractivity contribution in [2.45, 2.75) is 23.8 Å². The standard InChI is InChI=1S/C7H7F3O5S/c8-7(9,10)16(11,12)15-5-3-14-4-1-2-13-6(4)5/h1-2,4-6H,3H2/t4-,5-,6+/m1/s1. The van der Waals surface area contributed by atoms with E-state index in [1.807, 2.05) is 0 Å². The molecule has 0 amide bonds. The summed E-state index contributed by atoms with van der Waals surface area (Å²) in [6, 6.07) is 0. The van der Waals surface area contributed by atoms with Crippen molar-refractivity contribution < 1.29 is 35.2 Å². The second kappa shape index (κ2) is 3.60. The molecule has 2 aliphatic rings. The van der Waals surface area contributed by atoms with Crippen LogP contribution in [-0.4, -0.2) is 38.8 Å². The molecule has 0 spiro atoms. The lowest BCUT2D eigenvalue weighted by atomic mass is 10.2. The van der Waals surface area contributed by atoms with Crippen LogP contribution in [-0.2, 0) is 23.8 Å². The van der Waals surface area contributed by atoms with E-state index in [0.717, 1.165) is 0 Å². The first kappa shape index (κ1) is 11.7. The Morgan fingerprint density at radius 1 is 1.38 bits per heavy atom. The van der Waals surface area contributed by atoms with Gasteiger partial charge in [0.2, 0.25) is 0 Å². The minimum atomic E-state index is -5.61. The molecule has 3 atom stereocenters. The topological polar surface area (TPSA) is 61.8 Å². The minimum Gasteiger partial charge on any atom is -0.492 e. The van der Waals surface area contributed by atoms with Crippen LogP contribution in [0.5, 0.6) is 0 Å². The van der Waals surface area contributed by atoms with Gasteiger partial charge in [0.05, 0.1) is 12.9 Å². The molecule has 92 valence electrons. The lowest BCUT2D eigenvalue weighted by Gasteiger charge is -2.17. The third kappa shape index (κ3) is 1.89. The van der Waals surface area contributed by atoms with Gasteiger partial charge >= 0.3 is 15.6 Å². The van der Waals surface area contributed by atoms with E-state index >= 15 is 0 Å². The predicted molar refractivity (Wildman–Crippen MR) is 43.6 cm³/mol. The third-order valence-corrected chi connectivity index (χ3v) is 3.25. The quantitative estimate of drug-likeness (QED) is 0.535. The number of halogens is 3. The normalized spacial score (nSPS) is 33.8. The molecular weight excluding hydrogens is 253 g/mol. The number of alkyl halides is 3. The molecule has 0 aliphatic carbocycles. The minimum absolute atomic E-state index is 0.255. The Balaban J connectivity index is 2.07. The molecule has 5 nitrogen and oxygen atoms in total. The summed E-state index contributed by atoms with van der Waals surface area (Å²) in [5.41, 5.74) is -5.43. The summed E-state index contributed by atoms with van der Waals surface area (Å²) in [7, 11) is -5.61. The van der Waals surface area contributed by atoms with Crippen LogP contribution in [0.15, 0.2) is 12.3 Å². The molecule has 2 aliphatic heterocycles. The summed E-state index contributed by atoms with van der Waals surface area (Å²) >= 11 is 0. The summed E-state index contributed by atoms with van der Waals surface area (Å²) in [5, 5.41) is 0. The molecule has 0 unspecified atom stereocenters. The Labute approximate surface area is 88.9 Å². The molecule has 0 bridgehead atoms. The molecule has 9 heteroatoms. The van der Waals surface area contributed by atoms with Crippen molar-refractivity contribution in [3.05, 3.63) is 12.3 Å². The molecule has 0 saturated carbocycles. The highest BCUT2D eigenvalue weighted by Crippen LogP contribution is 2.31. The molecule has 1 saturated heterocycles. The van der Waals surface area contributed by atoms with Gasteiger partial charge in [0.25, 0.3) is 0 Å². The number of rotatable bonds is 2. The van der Waals surface area contributed by atoms with Crippen LogP contribution in [0.1, 0.15) is 0 Å². The van der Waals surface area contributed by atoms with E-state index in [9.17, 15) is 21.6 Å². The predicted octanol–water partition coefficient (Wildman–Crippen LogP) is 0.532. The fraction of sp³-hybridized carbons (Fsp3) is 0.714. The summed E-state index contributed by atoms with van der Waals surface area (Å²) in [5.74, 6) is 0. The molecule has 1 fully saturated rings. The Morgan fingerprint density at radius 2 is 2.06 bits per heavy atom. The van der Waals surface area contributed by atoms with Gasteiger partial charge in [0.1, 0.15) is 12.2 Å². The van der Waals surface area contributed by atoms with Gasteiger partial charge in [-0.2, -0.15) is 21.6 Å². The molecule has 0 aromatic carbocycles. The van der Waals surface area contributed by atoms with E-state index in [1.165, 1.54) is 12.3 Å². The first-order chi connectivity index (χ1) is 7.31. The molecule has 0 aromatic heterocycles. The van der Waals surface area contributed by atoms with Gasteiger partial charge in [-0.05, 0) is 6.08 Å². The largest absolute Gasteiger partial charge is 0.523 e. The maximum absolute atomic E-state index is 12.0. The second-order valence-corrected chi connectivity index (χ2v) is 4.83. The molecule has 0 aromatic rings. The van der Waals surface area contributed by atoms with E-state index < -0.39 is 33.9 Å². The van der Waals surface area contributed by atoms with E-state index in [0.29, 0.717) is 0 Å². The van der Waals surface area contributed by atoms with E-state index in [-0.39, 0.29) is 6.61 Å². The number of hydrogen-bond acceptors (Lipinski definition) is 5. The van der Waals surface area contributed by atoms with Gasteiger partial charge in [0.15, 0.2) is 6.10 Å². The SMILES string of the molecule is O=S(=O)(O[C@@H]1CO[C@@H]2C=CO[C@@H]21)C(F)(F)F. The molecule has 0 radical (unpaired) electrons. The molecular formula is C7H7F3O5S. The summed E-state index contributed by atoms with van der Waals surface area (Å²) in [6.07, 6.45) is 0.0661. The average molecular weight is 260 g/mol. The van der Waals surface area contributed by atoms with Crippen molar-refractivity contribution in [2.75, 3.05) is 6.61 Å². The molecule has 0 N–H and O–H groups in total. The van der Waals surface area contributed by atoms with Crippen LogP contribution in [0.3, 0.4) is 0 Å². The van der Waals surface area contributed by atoms with Gasteiger partial charge < -0.3 is 9.47 Å². The first-order valence-corrected chi connectivity index (χ1v) is 5.65. The van der Waals surface area contributed by atoms with Crippen LogP contribution in [0.2, 0.25) is 0 Å². The average Bonchev–Trinajstić information content (AvgIpc) is 2.67. The monoisotopic (exact) mass is 260 g/mol. The van der Waals surface area contributed by atoms with Crippen molar-refractivity contribution >= 4 is 10.1 Å². The first-order valence-electron chi connectivity index (χ1n) is 4.24. The summed E-state index contributed by atoms with van der Waals surface area (Å²) in [6.45, 7) is -0.255. The summed E-state index contributed by atoms with van der Waals surface area (Å²) in [4.78, 5) is 0. The van der Waals surface area contributed by atoms with Gasteiger partial charge in [-0.25, -0.2) is 0 Å². The Morgan fingerprint density at radius 3 is 2.69 bits per heavy atom. The number of ether oxygens (including phenoxy) is 2. The number of fused-ring (bicyclic) bond motifs is 1. The fourth-order valence-electron chi connectivity index (χ4n) is 1.45. The highest BCUT2D eigenvalue weighted by atomic mass is 32.2. The van der Waals surface area contributed by atoms with E-state index in [1.54, 1.807) is 0 Å². The maximum atomic E-state index is 12.0.